The van der Waals surface area contributed by atoms with Crippen LogP contribution in [0.2, 0.25) is 5.02 Å². The van der Waals surface area contributed by atoms with Crippen molar-refractivity contribution in [3.63, 3.8) is 0 Å². The van der Waals surface area contributed by atoms with Crippen molar-refractivity contribution >= 4 is 23.2 Å². The van der Waals surface area contributed by atoms with E-state index in [1.807, 2.05) is 12.1 Å². The van der Waals surface area contributed by atoms with Crippen LogP contribution >= 0.6 is 11.6 Å². The van der Waals surface area contributed by atoms with E-state index >= 15 is 0 Å². The summed E-state index contributed by atoms with van der Waals surface area (Å²) in [6.45, 7) is 3.04. The molecule has 2 aromatic carbocycles. The summed E-state index contributed by atoms with van der Waals surface area (Å²) in [6, 6.07) is 12.8. The van der Waals surface area contributed by atoms with Gasteiger partial charge in [0, 0.05) is 17.6 Å². The zero-order chi connectivity index (χ0) is 17.8. The molecule has 6 heteroatoms. The van der Waals surface area contributed by atoms with Crippen molar-refractivity contribution in [1.82, 2.24) is 10.6 Å². The largest absolute Gasteiger partial charge is 0.454 e. The molecule has 1 heterocycles. The van der Waals surface area contributed by atoms with E-state index in [0.717, 1.165) is 19.4 Å². The highest BCUT2D eigenvalue weighted by molar-refractivity contribution is 6.32. The van der Waals surface area contributed by atoms with Gasteiger partial charge in [0.05, 0.1) is 10.7 Å². The zero-order valence-electron chi connectivity index (χ0n) is 14.1. The quantitative estimate of drug-likeness (QED) is 0.729. The lowest BCUT2D eigenvalue weighted by Gasteiger charge is -2.28. The molecule has 1 saturated heterocycles. The molecule has 0 radical (unpaired) electrons. The lowest BCUT2D eigenvalue weighted by molar-refractivity contribution is 0.0925. The van der Waals surface area contributed by atoms with E-state index in [2.05, 4.69) is 17.6 Å². The summed E-state index contributed by atoms with van der Waals surface area (Å²) in [5.41, 5.74) is 6.92. The Bertz CT molecular complexity index is 766. The molecule has 0 aliphatic carbocycles. The molecule has 0 bridgehead atoms. The van der Waals surface area contributed by atoms with Gasteiger partial charge in [-0.15, -0.1) is 0 Å². The maximum atomic E-state index is 12.4. The topological polar surface area (TPSA) is 76.4 Å². The van der Waals surface area contributed by atoms with Gasteiger partial charge in [-0.25, -0.2) is 0 Å². The van der Waals surface area contributed by atoms with Crippen molar-refractivity contribution in [1.29, 1.82) is 0 Å². The van der Waals surface area contributed by atoms with Gasteiger partial charge in [-0.05, 0) is 56.6 Å². The number of nitrogens with one attached hydrogen (secondary N) is 2. The minimum atomic E-state index is -0.119. The summed E-state index contributed by atoms with van der Waals surface area (Å²) in [6.07, 6.45) is 1.85. The first kappa shape index (κ1) is 17.6. The van der Waals surface area contributed by atoms with E-state index in [1.54, 1.807) is 30.3 Å². The summed E-state index contributed by atoms with van der Waals surface area (Å²) < 4.78 is 5.74. The third-order valence-electron chi connectivity index (χ3n) is 4.29. The Morgan fingerprint density at radius 2 is 2.08 bits per heavy atom. The van der Waals surface area contributed by atoms with Gasteiger partial charge < -0.3 is 21.1 Å². The molecule has 0 aromatic heterocycles. The van der Waals surface area contributed by atoms with Crippen molar-refractivity contribution in [2.24, 2.45) is 0 Å². The first-order valence-corrected chi connectivity index (χ1v) is 8.77. The summed E-state index contributed by atoms with van der Waals surface area (Å²) in [4.78, 5) is 12.4. The van der Waals surface area contributed by atoms with Crippen LogP contribution in [0.15, 0.2) is 42.5 Å². The maximum Gasteiger partial charge on any atom is 0.251 e. The van der Waals surface area contributed by atoms with Gasteiger partial charge in [-0.1, -0.05) is 23.7 Å². The number of ether oxygens (including phenoxy) is 1. The number of anilines is 1. The fourth-order valence-electron chi connectivity index (χ4n) is 2.95. The van der Waals surface area contributed by atoms with Gasteiger partial charge >= 0.3 is 0 Å². The van der Waals surface area contributed by atoms with E-state index in [9.17, 15) is 4.79 Å². The molecule has 2 aromatic rings. The molecule has 5 nitrogen and oxygen atoms in total. The van der Waals surface area contributed by atoms with Crippen molar-refractivity contribution in [2.75, 3.05) is 12.3 Å². The highest BCUT2D eigenvalue weighted by Crippen LogP contribution is 2.32. The van der Waals surface area contributed by atoms with E-state index in [0.29, 0.717) is 33.8 Å². The van der Waals surface area contributed by atoms with Crippen LogP contribution in [0.3, 0.4) is 0 Å². The molecule has 0 saturated carbocycles. The monoisotopic (exact) mass is 359 g/mol. The molecule has 3 rings (SSSR count). The van der Waals surface area contributed by atoms with Crippen molar-refractivity contribution < 1.29 is 9.53 Å². The number of carbonyl (C=O) groups excluding carboxylic acids is 1. The van der Waals surface area contributed by atoms with Crippen LogP contribution in [0.25, 0.3) is 0 Å². The summed E-state index contributed by atoms with van der Waals surface area (Å²) in [7, 11) is 0. The number of hydrogen-bond acceptors (Lipinski definition) is 4. The predicted molar refractivity (Wildman–Crippen MR) is 100 cm³/mol. The average molecular weight is 360 g/mol. The Morgan fingerprint density at radius 3 is 2.80 bits per heavy atom. The second-order valence-corrected chi connectivity index (χ2v) is 6.74. The Morgan fingerprint density at radius 1 is 1.28 bits per heavy atom. The number of carbonyl (C=O) groups is 1. The number of benzene rings is 2. The first-order valence-electron chi connectivity index (χ1n) is 8.39. The second-order valence-electron chi connectivity index (χ2n) is 6.34. The third-order valence-corrected chi connectivity index (χ3v) is 4.59. The molecule has 0 spiro atoms. The average Bonchev–Trinajstić information content (AvgIpc) is 2.58. The molecular formula is C19H22ClN3O2. The number of rotatable bonds is 4. The fraction of sp³-hybridized carbons (Fsp3) is 0.316. The first-order chi connectivity index (χ1) is 12.0. The van der Waals surface area contributed by atoms with Gasteiger partial charge in [0.2, 0.25) is 0 Å². The number of para-hydroxylation sites is 2. The van der Waals surface area contributed by atoms with Crippen LogP contribution in [0, 0.1) is 0 Å². The zero-order valence-corrected chi connectivity index (χ0v) is 14.8. The Labute approximate surface area is 152 Å². The van der Waals surface area contributed by atoms with Crippen LogP contribution in [-0.2, 0) is 0 Å². The molecule has 1 amide bonds. The lowest BCUT2D eigenvalue weighted by Crippen LogP contribution is -2.46. The minimum Gasteiger partial charge on any atom is -0.454 e. The highest BCUT2D eigenvalue weighted by Gasteiger charge is 2.21. The van der Waals surface area contributed by atoms with Gasteiger partial charge in [0.15, 0.2) is 0 Å². The lowest BCUT2D eigenvalue weighted by atomic mass is 10.0. The maximum absolute atomic E-state index is 12.4. The van der Waals surface area contributed by atoms with E-state index in [1.165, 1.54) is 0 Å². The SMILES string of the molecule is C[C@H]1C[C@@H](NC(=O)c2ccc(Oc3ccccc3N)c(Cl)c2)CCN1. The van der Waals surface area contributed by atoms with Crippen LogP contribution in [0.5, 0.6) is 11.5 Å². The molecule has 1 fully saturated rings. The molecule has 4 N–H and O–H groups in total. The second kappa shape index (κ2) is 7.76. The van der Waals surface area contributed by atoms with E-state index < -0.39 is 0 Å². The standard InChI is InChI=1S/C19H22ClN3O2/c1-12-10-14(8-9-22-12)23-19(24)13-6-7-17(15(20)11-13)25-18-5-3-2-4-16(18)21/h2-7,11-12,14,22H,8-10,21H2,1H3,(H,23,24)/t12-,14-/m0/s1. The number of piperidine rings is 1. The molecule has 0 unspecified atom stereocenters. The third kappa shape index (κ3) is 4.44. The van der Waals surface area contributed by atoms with Gasteiger partial charge in [0.1, 0.15) is 11.5 Å². The van der Waals surface area contributed by atoms with E-state index in [-0.39, 0.29) is 11.9 Å². The summed E-state index contributed by atoms with van der Waals surface area (Å²) >= 11 is 6.29. The number of halogens is 1. The predicted octanol–water partition coefficient (Wildman–Crippen LogP) is 3.58. The molecule has 25 heavy (non-hydrogen) atoms. The number of nitrogens with two attached hydrogens (primary N) is 1. The molecule has 2 atom stereocenters. The Kier molecular flexibility index (Phi) is 5.46. The fourth-order valence-corrected chi connectivity index (χ4v) is 3.17. The number of hydrogen-bond donors (Lipinski definition) is 3. The van der Waals surface area contributed by atoms with Crippen LogP contribution < -0.4 is 21.1 Å². The summed E-state index contributed by atoms with van der Waals surface area (Å²) in [5.74, 6) is 0.878. The van der Waals surface area contributed by atoms with Crippen molar-refractivity contribution in [3.8, 4) is 11.5 Å². The highest BCUT2D eigenvalue weighted by atomic mass is 35.5. The smallest absolute Gasteiger partial charge is 0.251 e. The normalized spacial score (nSPS) is 20.1. The van der Waals surface area contributed by atoms with Gasteiger partial charge in [0.25, 0.3) is 5.91 Å². The molecule has 1 aliphatic heterocycles. The van der Waals surface area contributed by atoms with Gasteiger partial charge in [-0.2, -0.15) is 0 Å². The van der Waals surface area contributed by atoms with Crippen LogP contribution in [0.4, 0.5) is 5.69 Å². The minimum absolute atomic E-state index is 0.119. The molecule has 132 valence electrons. The summed E-state index contributed by atoms with van der Waals surface area (Å²) in [5, 5.41) is 6.81. The number of nitrogen functional groups attached to an aromatic ring is 1. The Balaban J connectivity index is 1.69. The van der Waals surface area contributed by atoms with Crippen molar-refractivity contribution in [2.45, 2.75) is 31.8 Å². The molecule has 1 aliphatic rings. The molecular weight excluding hydrogens is 338 g/mol. The Hall–Kier alpha value is -2.24. The van der Waals surface area contributed by atoms with Crippen LogP contribution in [-0.4, -0.2) is 24.5 Å². The number of amides is 1. The van der Waals surface area contributed by atoms with Crippen LogP contribution in [0.1, 0.15) is 30.1 Å². The van der Waals surface area contributed by atoms with Gasteiger partial charge in [-0.3, -0.25) is 4.79 Å². The van der Waals surface area contributed by atoms with Crippen molar-refractivity contribution in [3.05, 3.63) is 53.1 Å². The van der Waals surface area contributed by atoms with E-state index in [4.69, 9.17) is 22.1 Å².